The lowest BCUT2D eigenvalue weighted by molar-refractivity contribution is -0.385. The minimum Gasteiger partial charge on any atom is -0.369 e. The van der Waals surface area contributed by atoms with E-state index < -0.39 is 16.7 Å². The van der Waals surface area contributed by atoms with Crippen LogP contribution in [0.15, 0.2) is 22.5 Å². The van der Waals surface area contributed by atoms with Crippen LogP contribution in [0.3, 0.4) is 0 Å². The predicted octanol–water partition coefficient (Wildman–Crippen LogP) is 1.58. The second kappa shape index (κ2) is 7.15. The molecule has 23 heavy (non-hydrogen) atoms. The van der Waals surface area contributed by atoms with Crippen molar-refractivity contribution in [3.63, 3.8) is 0 Å². The lowest BCUT2D eigenvalue weighted by Crippen LogP contribution is -2.14. The monoisotopic (exact) mass is 353 g/mol. The van der Waals surface area contributed by atoms with Crippen LogP contribution in [0.1, 0.15) is 15.9 Å². The third-order valence-electron chi connectivity index (χ3n) is 2.71. The first kappa shape index (κ1) is 16.8. The van der Waals surface area contributed by atoms with Crippen LogP contribution in [0.2, 0.25) is 0 Å². The molecule has 1 aromatic heterocycles. The second-order valence-electron chi connectivity index (χ2n) is 4.29. The van der Waals surface area contributed by atoms with E-state index in [9.17, 15) is 19.7 Å². The van der Waals surface area contributed by atoms with E-state index in [0.29, 0.717) is 4.34 Å². The summed E-state index contributed by atoms with van der Waals surface area (Å²) in [5.74, 6) is -0.941. The fourth-order valence-electron chi connectivity index (χ4n) is 1.68. The molecule has 0 saturated carbocycles. The molecule has 0 saturated heterocycles. The minimum atomic E-state index is -0.546. The number of nitro benzene ring substituents is 1. The molecule has 2 amide bonds. The Kier molecular flexibility index (Phi) is 5.24. The van der Waals surface area contributed by atoms with Crippen LogP contribution in [-0.4, -0.2) is 32.7 Å². The third kappa shape index (κ3) is 4.23. The van der Waals surface area contributed by atoms with E-state index in [1.807, 2.05) is 0 Å². The molecule has 0 unspecified atom stereocenters. The molecule has 11 heteroatoms. The first-order valence-electron chi connectivity index (χ1n) is 6.18. The zero-order valence-electron chi connectivity index (χ0n) is 11.8. The van der Waals surface area contributed by atoms with Gasteiger partial charge in [0.1, 0.15) is 0 Å². The van der Waals surface area contributed by atoms with Crippen LogP contribution in [0, 0.1) is 17.0 Å². The number of nitrogens with two attached hydrogens (primary N) is 1. The van der Waals surface area contributed by atoms with E-state index in [4.69, 9.17) is 5.73 Å². The van der Waals surface area contributed by atoms with Gasteiger partial charge >= 0.3 is 0 Å². The summed E-state index contributed by atoms with van der Waals surface area (Å²) >= 11 is 2.19. The Morgan fingerprint density at radius 3 is 2.83 bits per heavy atom. The highest BCUT2D eigenvalue weighted by molar-refractivity contribution is 8.01. The maximum absolute atomic E-state index is 12.2. The summed E-state index contributed by atoms with van der Waals surface area (Å²) in [5, 5.41) is 21.2. The number of amides is 2. The maximum atomic E-state index is 12.2. The van der Waals surface area contributed by atoms with Gasteiger partial charge in [-0.05, 0) is 13.0 Å². The molecule has 0 spiro atoms. The zero-order chi connectivity index (χ0) is 17.0. The molecule has 9 nitrogen and oxygen atoms in total. The van der Waals surface area contributed by atoms with E-state index in [1.165, 1.54) is 25.1 Å². The average Bonchev–Trinajstić information content (AvgIpc) is 2.92. The Morgan fingerprint density at radius 2 is 2.17 bits per heavy atom. The number of hydrogen-bond acceptors (Lipinski definition) is 8. The number of rotatable bonds is 6. The van der Waals surface area contributed by atoms with Crippen molar-refractivity contribution in [2.24, 2.45) is 5.73 Å². The Balaban J connectivity index is 2.12. The normalized spacial score (nSPS) is 10.3. The summed E-state index contributed by atoms with van der Waals surface area (Å²) in [6.45, 7) is 1.50. The molecule has 120 valence electrons. The largest absolute Gasteiger partial charge is 0.369 e. The number of hydrogen-bond donors (Lipinski definition) is 2. The van der Waals surface area contributed by atoms with Crippen LogP contribution in [0.4, 0.5) is 10.8 Å². The zero-order valence-corrected chi connectivity index (χ0v) is 13.4. The molecular weight excluding hydrogens is 342 g/mol. The molecule has 1 aromatic carbocycles. The van der Waals surface area contributed by atoms with Gasteiger partial charge in [0, 0.05) is 17.2 Å². The lowest BCUT2D eigenvalue weighted by Gasteiger charge is -2.05. The van der Waals surface area contributed by atoms with Crippen LogP contribution < -0.4 is 11.1 Å². The summed E-state index contributed by atoms with van der Waals surface area (Å²) in [7, 11) is 0. The Morgan fingerprint density at radius 1 is 1.43 bits per heavy atom. The van der Waals surface area contributed by atoms with Crippen LogP contribution in [0.5, 0.6) is 0 Å². The van der Waals surface area contributed by atoms with Crippen LogP contribution in [0.25, 0.3) is 0 Å². The van der Waals surface area contributed by atoms with Gasteiger partial charge < -0.3 is 5.73 Å². The fourth-order valence-corrected chi connectivity index (χ4v) is 3.17. The molecule has 1 heterocycles. The Bertz CT molecular complexity index is 777. The van der Waals surface area contributed by atoms with Crippen molar-refractivity contribution in [1.82, 2.24) is 10.2 Å². The van der Waals surface area contributed by atoms with Crippen molar-refractivity contribution in [3.05, 3.63) is 39.4 Å². The molecular formula is C12H11N5O4S2. The molecule has 2 rings (SSSR count). The number of aromatic nitrogens is 2. The molecule has 0 bridgehead atoms. The maximum Gasteiger partial charge on any atom is 0.273 e. The SMILES string of the molecule is Cc1c(C(=O)Nc2nnc(SCC(N)=O)s2)cccc1[N+](=O)[O-]. The number of carbonyl (C=O) groups is 2. The lowest BCUT2D eigenvalue weighted by atomic mass is 10.1. The number of anilines is 1. The van der Waals surface area contributed by atoms with Crippen molar-refractivity contribution in [1.29, 1.82) is 0 Å². The molecule has 2 aromatic rings. The number of primary amides is 1. The highest BCUT2D eigenvalue weighted by Gasteiger charge is 2.19. The molecule has 0 aliphatic rings. The van der Waals surface area contributed by atoms with Crippen molar-refractivity contribution < 1.29 is 14.5 Å². The van der Waals surface area contributed by atoms with Crippen LogP contribution >= 0.6 is 23.1 Å². The fraction of sp³-hybridized carbons (Fsp3) is 0.167. The van der Waals surface area contributed by atoms with Gasteiger partial charge in [0.15, 0.2) is 4.34 Å². The van der Waals surface area contributed by atoms with Gasteiger partial charge in [-0.15, -0.1) is 10.2 Å². The van der Waals surface area contributed by atoms with E-state index in [1.54, 1.807) is 0 Å². The topological polar surface area (TPSA) is 141 Å². The standard InChI is InChI=1S/C12H11N5O4S2/c1-6-7(3-2-4-8(6)17(20)21)10(19)14-11-15-16-12(23-11)22-5-9(13)18/h2-4H,5H2,1H3,(H2,13,18)(H,14,15,19). The number of thioether (sulfide) groups is 1. The Labute approximate surface area is 138 Å². The highest BCUT2D eigenvalue weighted by atomic mass is 32.2. The third-order valence-corrected chi connectivity index (χ3v) is 4.71. The van der Waals surface area contributed by atoms with Gasteiger partial charge in [0.2, 0.25) is 11.0 Å². The molecule has 0 fully saturated rings. The number of carbonyl (C=O) groups excluding carboxylic acids is 2. The van der Waals surface area contributed by atoms with Gasteiger partial charge in [-0.25, -0.2) is 0 Å². The first-order valence-corrected chi connectivity index (χ1v) is 7.98. The molecule has 0 radical (unpaired) electrons. The van der Waals surface area contributed by atoms with Gasteiger partial charge in [-0.3, -0.25) is 25.0 Å². The molecule has 0 atom stereocenters. The quantitative estimate of drug-likeness (QED) is 0.347. The van der Waals surface area contributed by atoms with Crippen molar-refractivity contribution in [2.75, 3.05) is 11.1 Å². The van der Waals surface area contributed by atoms with Crippen LogP contribution in [-0.2, 0) is 4.79 Å². The van der Waals surface area contributed by atoms with E-state index >= 15 is 0 Å². The van der Waals surface area contributed by atoms with Gasteiger partial charge in [-0.1, -0.05) is 29.2 Å². The van der Waals surface area contributed by atoms with Crippen molar-refractivity contribution in [3.8, 4) is 0 Å². The Hall–Kier alpha value is -2.53. The van der Waals surface area contributed by atoms with E-state index in [2.05, 4.69) is 15.5 Å². The molecule has 0 aliphatic heterocycles. The minimum absolute atomic E-state index is 0.0621. The number of nitro groups is 1. The van der Waals surface area contributed by atoms with Crippen molar-refractivity contribution in [2.45, 2.75) is 11.3 Å². The summed E-state index contributed by atoms with van der Waals surface area (Å²) in [6, 6.07) is 4.26. The first-order chi connectivity index (χ1) is 10.9. The van der Waals surface area contributed by atoms with Gasteiger partial charge in [0.25, 0.3) is 11.6 Å². The summed E-state index contributed by atoms with van der Waals surface area (Å²) in [5.41, 5.74) is 5.35. The van der Waals surface area contributed by atoms with Crippen molar-refractivity contribution >= 4 is 45.7 Å². The van der Waals surface area contributed by atoms with E-state index in [-0.39, 0.29) is 27.7 Å². The van der Waals surface area contributed by atoms with E-state index in [0.717, 1.165) is 23.1 Å². The molecule has 0 aliphatic carbocycles. The second-order valence-corrected chi connectivity index (χ2v) is 6.49. The van der Waals surface area contributed by atoms with Gasteiger partial charge in [0.05, 0.1) is 10.7 Å². The summed E-state index contributed by atoms with van der Waals surface area (Å²) in [6.07, 6.45) is 0. The average molecular weight is 353 g/mol. The smallest absolute Gasteiger partial charge is 0.273 e. The number of nitrogens with zero attached hydrogens (tertiary/aromatic N) is 3. The highest BCUT2D eigenvalue weighted by Crippen LogP contribution is 2.26. The predicted molar refractivity (Wildman–Crippen MR) is 85.6 cm³/mol. The number of nitrogens with one attached hydrogen (secondary N) is 1. The number of benzene rings is 1. The summed E-state index contributed by atoms with van der Waals surface area (Å²) < 4.78 is 0.481. The van der Waals surface area contributed by atoms with Gasteiger partial charge in [-0.2, -0.15) is 0 Å². The summed E-state index contributed by atoms with van der Waals surface area (Å²) in [4.78, 5) is 33.3. The molecule has 3 N–H and O–H groups in total.